The fourth-order valence-corrected chi connectivity index (χ4v) is 3.27. The van der Waals surface area contributed by atoms with Crippen LogP contribution in [0.15, 0.2) is 48.7 Å². The molecule has 0 radical (unpaired) electrons. The first kappa shape index (κ1) is 17.7. The molecule has 1 saturated heterocycles. The SMILES string of the molecule is O=C(c1cnc2ccccc2c1Nc1ccc(F)c(Cl)c1)N1CCOCC1. The molecule has 1 aromatic heterocycles. The summed E-state index contributed by atoms with van der Waals surface area (Å²) in [7, 11) is 0. The van der Waals surface area contributed by atoms with Crippen LogP contribution in [0, 0.1) is 5.82 Å². The van der Waals surface area contributed by atoms with Crippen molar-refractivity contribution in [2.45, 2.75) is 0 Å². The van der Waals surface area contributed by atoms with Gasteiger partial charge in [0.15, 0.2) is 0 Å². The summed E-state index contributed by atoms with van der Waals surface area (Å²) in [5.74, 6) is -0.612. The number of amides is 1. The molecular weight excluding hydrogens is 369 g/mol. The second-order valence-electron chi connectivity index (χ2n) is 6.22. The molecule has 5 nitrogen and oxygen atoms in total. The number of carbonyl (C=O) groups is 1. The second kappa shape index (κ2) is 7.50. The highest BCUT2D eigenvalue weighted by molar-refractivity contribution is 6.31. The quantitative estimate of drug-likeness (QED) is 0.732. The molecular formula is C20H17ClFN3O2. The van der Waals surface area contributed by atoms with Crippen molar-refractivity contribution in [3.8, 4) is 0 Å². The van der Waals surface area contributed by atoms with Gasteiger partial charge in [0.25, 0.3) is 5.91 Å². The largest absolute Gasteiger partial charge is 0.378 e. The lowest BCUT2D eigenvalue weighted by Crippen LogP contribution is -2.41. The lowest BCUT2D eigenvalue weighted by atomic mass is 10.1. The number of ether oxygens (including phenoxy) is 1. The lowest BCUT2D eigenvalue weighted by Gasteiger charge is -2.28. The molecule has 0 bridgehead atoms. The zero-order valence-electron chi connectivity index (χ0n) is 14.4. The average Bonchev–Trinajstić information content (AvgIpc) is 2.71. The molecule has 1 N–H and O–H groups in total. The van der Waals surface area contributed by atoms with Crippen LogP contribution >= 0.6 is 11.6 Å². The Morgan fingerprint density at radius 3 is 2.74 bits per heavy atom. The first-order valence-corrected chi connectivity index (χ1v) is 8.98. The van der Waals surface area contributed by atoms with Crippen LogP contribution in [0.5, 0.6) is 0 Å². The van der Waals surface area contributed by atoms with E-state index >= 15 is 0 Å². The molecule has 3 aromatic rings. The van der Waals surface area contributed by atoms with Crippen LogP contribution in [0.1, 0.15) is 10.4 Å². The van der Waals surface area contributed by atoms with E-state index in [1.807, 2.05) is 24.3 Å². The van der Waals surface area contributed by atoms with Crippen molar-refractivity contribution in [1.29, 1.82) is 0 Å². The van der Waals surface area contributed by atoms with Crippen LogP contribution in [0.3, 0.4) is 0 Å². The van der Waals surface area contributed by atoms with Crippen molar-refractivity contribution in [3.63, 3.8) is 0 Å². The molecule has 0 spiro atoms. The van der Waals surface area contributed by atoms with Crippen molar-refractivity contribution in [3.05, 3.63) is 65.1 Å². The highest BCUT2D eigenvalue weighted by atomic mass is 35.5. The smallest absolute Gasteiger partial charge is 0.257 e. The second-order valence-corrected chi connectivity index (χ2v) is 6.63. The van der Waals surface area contributed by atoms with Crippen LogP contribution in [0.4, 0.5) is 15.8 Å². The van der Waals surface area contributed by atoms with Gasteiger partial charge in [-0.2, -0.15) is 0 Å². The van der Waals surface area contributed by atoms with Crippen molar-refractivity contribution in [2.24, 2.45) is 0 Å². The fraction of sp³-hybridized carbons (Fsp3) is 0.200. The number of morpholine rings is 1. The summed E-state index contributed by atoms with van der Waals surface area (Å²) < 4.78 is 18.8. The van der Waals surface area contributed by atoms with Gasteiger partial charge < -0.3 is 15.0 Å². The Bertz CT molecular complexity index is 1010. The number of halogens is 2. The van der Waals surface area contributed by atoms with Gasteiger partial charge in [-0.25, -0.2) is 4.39 Å². The third kappa shape index (κ3) is 3.59. The van der Waals surface area contributed by atoms with E-state index in [1.54, 1.807) is 17.2 Å². The number of nitrogens with one attached hydrogen (secondary N) is 1. The Kier molecular flexibility index (Phi) is 4.92. The molecule has 2 aromatic carbocycles. The standard InChI is InChI=1S/C20H17ClFN3O2/c21-16-11-13(5-6-17(16)22)24-19-14-3-1-2-4-18(14)23-12-15(19)20(26)25-7-9-27-10-8-25/h1-6,11-12H,7-10H2,(H,23,24). The van der Waals surface area contributed by atoms with Crippen molar-refractivity contribution in [1.82, 2.24) is 9.88 Å². The minimum absolute atomic E-state index is 0.0133. The zero-order chi connectivity index (χ0) is 18.8. The summed E-state index contributed by atoms with van der Waals surface area (Å²) in [4.78, 5) is 19.3. The predicted molar refractivity (Wildman–Crippen MR) is 103 cm³/mol. The molecule has 4 rings (SSSR count). The third-order valence-electron chi connectivity index (χ3n) is 4.49. The monoisotopic (exact) mass is 385 g/mol. The van der Waals surface area contributed by atoms with E-state index in [4.69, 9.17) is 16.3 Å². The Balaban J connectivity index is 1.79. The number of fused-ring (bicyclic) bond motifs is 1. The van der Waals surface area contributed by atoms with Gasteiger partial charge in [-0.1, -0.05) is 29.8 Å². The zero-order valence-corrected chi connectivity index (χ0v) is 15.2. The maximum atomic E-state index is 13.5. The summed E-state index contributed by atoms with van der Waals surface area (Å²) >= 11 is 5.91. The fourth-order valence-electron chi connectivity index (χ4n) is 3.09. The highest BCUT2D eigenvalue weighted by Gasteiger charge is 2.23. The van der Waals surface area contributed by atoms with E-state index in [0.717, 1.165) is 10.9 Å². The molecule has 138 valence electrons. The van der Waals surface area contributed by atoms with Crippen LogP contribution in [-0.2, 0) is 4.74 Å². The number of aromatic nitrogens is 1. The van der Waals surface area contributed by atoms with Gasteiger partial charge in [0.2, 0.25) is 0 Å². The number of hydrogen-bond acceptors (Lipinski definition) is 4. The van der Waals surface area contributed by atoms with Gasteiger partial charge in [0.1, 0.15) is 5.82 Å². The van der Waals surface area contributed by atoms with Crippen LogP contribution in [0.25, 0.3) is 10.9 Å². The number of nitrogens with zero attached hydrogens (tertiary/aromatic N) is 2. The van der Waals surface area contributed by atoms with E-state index in [9.17, 15) is 9.18 Å². The number of carbonyl (C=O) groups excluding carboxylic acids is 1. The van der Waals surface area contributed by atoms with Gasteiger partial charge in [-0.3, -0.25) is 9.78 Å². The Morgan fingerprint density at radius 2 is 1.96 bits per heavy atom. The normalized spacial score (nSPS) is 14.4. The number of pyridine rings is 1. The van der Waals surface area contributed by atoms with Crippen LogP contribution in [0.2, 0.25) is 5.02 Å². The molecule has 0 unspecified atom stereocenters. The molecule has 27 heavy (non-hydrogen) atoms. The molecule has 0 saturated carbocycles. The van der Waals surface area contributed by atoms with Gasteiger partial charge in [0, 0.05) is 30.4 Å². The molecule has 1 fully saturated rings. The Hall–Kier alpha value is -2.70. The molecule has 1 amide bonds. The predicted octanol–water partition coefficient (Wildman–Crippen LogP) is 4.24. The summed E-state index contributed by atoms with van der Waals surface area (Å²) in [5, 5.41) is 4.05. The molecule has 2 heterocycles. The summed E-state index contributed by atoms with van der Waals surface area (Å²) in [5.41, 5.74) is 2.43. The first-order chi connectivity index (χ1) is 13.1. The third-order valence-corrected chi connectivity index (χ3v) is 4.78. The number of para-hydroxylation sites is 1. The number of hydrogen-bond donors (Lipinski definition) is 1. The maximum absolute atomic E-state index is 13.5. The number of benzene rings is 2. The van der Waals surface area contributed by atoms with E-state index in [0.29, 0.717) is 43.2 Å². The Labute approximate surface area is 160 Å². The van der Waals surface area contributed by atoms with E-state index in [2.05, 4.69) is 10.3 Å². The summed E-state index contributed by atoms with van der Waals surface area (Å²) in [6.07, 6.45) is 1.58. The summed E-state index contributed by atoms with van der Waals surface area (Å²) in [6.45, 7) is 2.10. The van der Waals surface area contributed by atoms with Gasteiger partial charge >= 0.3 is 0 Å². The minimum atomic E-state index is -0.494. The highest BCUT2D eigenvalue weighted by Crippen LogP contribution is 2.31. The van der Waals surface area contributed by atoms with E-state index in [1.165, 1.54) is 12.1 Å². The van der Waals surface area contributed by atoms with Gasteiger partial charge in [0.05, 0.1) is 35.0 Å². The maximum Gasteiger partial charge on any atom is 0.257 e. The van der Waals surface area contributed by atoms with Crippen molar-refractivity contribution in [2.75, 3.05) is 31.6 Å². The molecule has 1 aliphatic heterocycles. The van der Waals surface area contributed by atoms with E-state index < -0.39 is 5.82 Å². The molecule has 7 heteroatoms. The number of anilines is 2. The van der Waals surface area contributed by atoms with E-state index in [-0.39, 0.29) is 10.9 Å². The minimum Gasteiger partial charge on any atom is -0.378 e. The van der Waals surface area contributed by atoms with Crippen LogP contribution < -0.4 is 5.32 Å². The molecule has 0 aliphatic carbocycles. The average molecular weight is 386 g/mol. The molecule has 0 atom stereocenters. The lowest BCUT2D eigenvalue weighted by molar-refractivity contribution is 0.0303. The number of rotatable bonds is 3. The van der Waals surface area contributed by atoms with Gasteiger partial charge in [-0.05, 0) is 24.3 Å². The van der Waals surface area contributed by atoms with Crippen LogP contribution in [-0.4, -0.2) is 42.1 Å². The molecule has 1 aliphatic rings. The van der Waals surface area contributed by atoms with Crippen molar-refractivity contribution < 1.29 is 13.9 Å². The summed E-state index contributed by atoms with van der Waals surface area (Å²) in [6, 6.07) is 11.9. The first-order valence-electron chi connectivity index (χ1n) is 8.60. The Morgan fingerprint density at radius 1 is 1.19 bits per heavy atom. The topological polar surface area (TPSA) is 54.5 Å². The van der Waals surface area contributed by atoms with Crippen molar-refractivity contribution >= 4 is 39.8 Å². The van der Waals surface area contributed by atoms with Gasteiger partial charge in [-0.15, -0.1) is 0 Å².